The van der Waals surface area contributed by atoms with Crippen molar-refractivity contribution in [2.24, 2.45) is 7.05 Å². The van der Waals surface area contributed by atoms with E-state index in [0.717, 1.165) is 0 Å². The summed E-state index contributed by atoms with van der Waals surface area (Å²) >= 11 is 0. The molecule has 5 nitrogen and oxygen atoms in total. The van der Waals surface area contributed by atoms with Gasteiger partial charge in [0.2, 0.25) is 0 Å². The average molecular weight is 279 g/mol. The standard InChI is InChI=1S/C11H16F3N3O2/c1-4-19-10(18)9(15-6-11(12,13)14)8-5-16-17(3)7(8)2/h5,9,15H,4,6H2,1-3H3. The minimum absolute atomic E-state index is 0.0995. The highest BCUT2D eigenvalue weighted by Crippen LogP contribution is 2.21. The first kappa shape index (κ1) is 15.5. The van der Waals surface area contributed by atoms with Crippen molar-refractivity contribution >= 4 is 5.97 Å². The fourth-order valence-electron chi connectivity index (χ4n) is 1.56. The van der Waals surface area contributed by atoms with E-state index in [-0.39, 0.29) is 6.61 Å². The third-order valence-corrected chi connectivity index (χ3v) is 2.61. The van der Waals surface area contributed by atoms with Gasteiger partial charge in [-0.15, -0.1) is 0 Å². The predicted molar refractivity (Wildman–Crippen MR) is 61.4 cm³/mol. The molecule has 0 saturated heterocycles. The van der Waals surface area contributed by atoms with Crippen LogP contribution < -0.4 is 5.32 Å². The zero-order chi connectivity index (χ0) is 14.6. The molecule has 1 heterocycles. The van der Waals surface area contributed by atoms with Crippen LogP contribution in [0.1, 0.15) is 24.2 Å². The summed E-state index contributed by atoms with van der Waals surface area (Å²) in [7, 11) is 1.64. The van der Waals surface area contributed by atoms with Gasteiger partial charge in [-0.1, -0.05) is 0 Å². The molecule has 0 radical (unpaired) electrons. The number of hydrogen-bond donors (Lipinski definition) is 1. The van der Waals surface area contributed by atoms with Crippen LogP contribution in [0.4, 0.5) is 13.2 Å². The summed E-state index contributed by atoms with van der Waals surface area (Å²) in [4.78, 5) is 11.7. The quantitative estimate of drug-likeness (QED) is 0.830. The maximum atomic E-state index is 12.3. The van der Waals surface area contributed by atoms with Gasteiger partial charge in [0, 0.05) is 18.3 Å². The van der Waals surface area contributed by atoms with E-state index in [1.54, 1.807) is 20.9 Å². The minimum atomic E-state index is -4.40. The molecular weight excluding hydrogens is 263 g/mol. The largest absolute Gasteiger partial charge is 0.465 e. The number of nitrogens with one attached hydrogen (secondary N) is 1. The summed E-state index contributed by atoms with van der Waals surface area (Å²) in [5, 5.41) is 6.07. The first-order valence-corrected chi connectivity index (χ1v) is 5.71. The van der Waals surface area contributed by atoms with Crippen molar-refractivity contribution in [1.29, 1.82) is 0 Å². The van der Waals surface area contributed by atoms with E-state index >= 15 is 0 Å². The molecule has 1 N–H and O–H groups in total. The Bertz CT molecular complexity index is 443. The Balaban J connectivity index is 2.92. The van der Waals surface area contributed by atoms with Gasteiger partial charge in [-0.25, -0.2) is 4.79 Å². The van der Waals surface area contributed by atoms with E-state index in [4.69, 9.17) is 4.74 Å². The Morgan fingerprint density at radius 2 is 2.21 bits per heavy atom. The van der Waals surface area contributed by atoms with Gasteiger partial charge >= 0.3 is 12.1 Å². The second-order valence-corrected chi connectivity index (χ2v) is 3.99. The number of carbonyl (C=O) groups excluding carboxylic acids is 1. The summed E-state index contributed by atoms with van der Waals surface area (Å²) < 4.78 is 43.0. The number of ether oxygens (including phenoxy) is 1. The predicted octanol–water partition coefficient (Wildman–Crippen LogP) is 1.48. The number of carbonyl (C=O) groups is 1. The summed E-state index contributed by atoms with van der Waals surface area (Å²) in [6.07, 6.45) is -3.04. The number of hydrogen-bond acceptors (Lipinski definition) is 4. The van der Waals surface area contributed by atoms with E-state index < -0.39 is 24.7 Å². The second kappa shape index (κ2) is 6.05. The van der Waals surface area contributed by atoms with E-state index in [1.807, 2.05) is 0 Å². The molecule has 1 atom stereocenters. The molecule has 0 aliphatic carbocycles. The third kappa shape index (κ3) is 4.23. The molecule has 1 unspecified atom stereocenters. The van der Waals surface area contributed by atoms with Gasteiger partial charge in [0.25, 0.3) is 0 Å². The molecule has 0 saturated carbocycles. The van der Waals surface area contributed by atoms with E-state index in [2.05, 4.69) is 10.4 Å². The van der Waals surface area contributed by atoms with Crippen LogP contribution in [0, 0.1) is 6.92 Å². The van der Waals surface area contributed by atoms with E-state index in [0.29, 0.717) is 11.3 Å². The van der Waals surface area contributed by atoms with Crippen molar-refractivity contribution in [2.75, 3.05) is 13.2 Å². The Morgan fingerprint density at radius 3 is 2.63 bits per heavy atom. The number of alkyl halides is 3. The van der Waals surface area contributed by atoms with Gasteiger partial charge in [-0.2, -0.15) is 18.3 Å². The molecule has 0 aliphatic heterocycles. The van der Waals surface area contributed by atoms with Crippen LogP contribution in [0.5, 0.6) is 0 Å². The van der Waals surface area contributed by atoms with Gasteiger partial charge in [0.1, 0.15) is 6.04 Å². The number of nitrogens with zero attached hydrogens (tertiary/aromatic N) is 2. The first-order chi connectivity index (χ1) is 8.76. The average Bonchev–Trinajstić information content (AvgIpc) is 2.60. The molecule has 8 heteroatoms. The third-order valence-electron chi connectivity index (χ3n) is 2.61. The smallest absolute Gasteiger partial charge is 0.401 e. The lowest BCUT2D eigenvalue weighted by Crippen LogP contribution is -2.37. The monoisotopic (exact) mass is 279 g/mol. The number of aryl methyl sites for hydroxylation is 1. The number of halogens is 3. The van der Waals surface area contributed by atoms with Crippen molar-refractivity contribution in [2.45, 2.75) is 26.1 Å². The lowest BCUT2D eigenvalue weighted by atomic mass is 10.1. The van der Waals surface area contributed by atoms with Gasteiger partial charge in [-0.05, 0) is 13.8 Å². The molecule has 0 bridgehead atoms. The first-order valence-electron chi connectivity index (χ1n) is 5.71. The van der Waals surface area contributed by atoms with Gasteiger partial charge in [0.05, 0.1) is 19.3 Å². The van der Waals surface area contributed by atoms with Crippen LogP contribution in [-0.2, 0) is 16.6 Å². The summed E-state index contributed by atoms with van der Waals surface area (Å²) in [5.74, 6) is -0.747. The van der Waals surface area contributed by atoms with Crippen molar-refractivity contribution < 1.29 is 22.7 Å². The fraction of sp³-hybridized carbons (Fsp3) is 0.636. The van der Waals surface area contributed by atoms with E-state index in [1.165, 1.54) is 10.9 Å². The van der Waals surface area contributed by atoms with Crippen LogP contribution in [0.25, 0.3) is 0 Å². The highest BCUT2D eigenvalue weighted by Gasteiger charge is 2.32. The molecule has 0 aliphatic rings. The molecular formula is C11H16F3N3O2. The number of esters is 1. The Labute approximate surface area is 108 Å². The molecule has 1 aromatic rings. The van der Waals surface area contributed by atoms with Crippen LogP contribution in [-0.4, -0.2) is 35.1 Å². The molecule has 108 valence electrons. The SMILES string of the molecule is CCOC(=O)C(NCC(F)(F)F)c1cnn(C)c1C. The molecule has 0 spiro atoms. The summed E-state index contributed by atoms with van der Waals surface area (Å²) in [6, 6.07) is -1.17. The maximum absolute atomic E-state index is 12.3. The summed E-state index contributed by atoms with van der Waals surface area (Å²) in [6.45, 7) is 2.09. The number of aromatic nitrogens is 2. The minimum Gasteiger partial charge on any atom is -0.465 e. The molecule has 0 aromatic carbocycles. The zero-order valence-electron chi connectivity index (χ0n) is 10.9. The second-order valence-electron chi connectivity index (χ2n) is 3.99. The molecule has 0 amide bonds. The highest BCUT2D eigenvalue weighted by molar-refractivity contribution is 5.77. The Kier molecular flexibility index (Phi) is 4.93. The Hall–Kier alpha value is -1.57. The zero-order valence-corrected chi connectivity index (χ0v) is 10.9. The van der Waals surface area contributed by atoms with Crippen LogP contribution in [0.2, 0.25) is 0 Å². The van der Waals surface area contributed by atoms with Crippen LogP contribution >= 0.6 is 0 Å². The number of rotatable bonds is 5. The van der Waals surface area contributed by atoms with Gasteiger partial charge in [0.15, 0.2) is 0 Å². The topological polar surface area (TPSA) is 56.1 Å². The van der Waals surface area contributed by atoms with Crippen molar-refractivity contribution in [3.8, 4) is 0 Å². The van der Waals surface area contributed by atoms with Crippen molar-refractivity contribution in [3.63, 3.8) is 0 Å². The molecule has 1 aromatic heterocycles. The summed E-state index contributed by atoms with van der Waals surface area (Å²) in [5.41, 5.74) is 0.984. The Morgan fingerprint density at radius 1 is 1.58 bits per heavy atom. The molecule has 19 heavy (non-hydrogen) atoms. The van der Waals surface area contributed by atoms with Crippen LogP contribution in [0.15, 0.2) is 6.20 Å². The fourth-order valence-corrected chi connectivity index (χ4v) is 1.56. The highest BCUT2D eigenvalue weighted by atomic mass is 19.4. The van der Waals surface area contributed by atoms with E-state index in [9.17, 15) is 18.0 Å². The normalized spacial score (nSPS) is 13.4. The molecule has 0 fully saturated rings. The lowest BCUT2D eigenvalue weighted by molar-refractivity contribution is -0.149. The van der Waals surface area contributed by atoms with Crippen molar-refractivity contribution in [3.05, 3.63) is 17.5 Å². The van der Waals surface area contributed by atoms with Gasteiger partial charge in [-0.3, -0.25) is 10.00 Å². The van der Waals surface area contributed by atoms with Gasteiger partial charge < -0.3 is 4.74 Å². The molecule has 1 rings (SSSR count). The van der Waals surface area contributed by atoms with Crippen LogP contribution in [0.3, 0.4) is 0 Å². The lowest BCUT2D eigenvalue weighted by Gasteiger charge is -2.18. The maximum Gasteiger partial charge on any atom is 0.401 e. The van der Waals surface area contributed by atoms with Crippen molar-refractivity contribution in [1.82, 2.24) is 15.1 Å².